The van der Waals surface area contributed by atoms with E-state index in [9.17, 15) is 4.79 Å². The number of morpholine rings is 1. The highest BCUT2D eigenvalue weighted by molar-refractivity contribution is 5.74. The van der Waals surface area contributed by atoms with Crippen LogP contribution in [0, 0.1) is 0 Å². The van der Waals surface area contributed by atoms with Gasteiger partial charge in [-0.3, -0.25) is 0 Å². The quantitative estimate of drug-likeness (QED) is 0.901. The number of nitrogens with one attached hydrogen (secondary N) is 1. The number of carbonyl (C=O) groups excluding carboxylic acids is 1. The molecule has 1 heterocycles. The molecule has 0 radical (unpaired) electrons. The first-order chi connectivity index (χ1) is 9.76. The number of urea groups is 1. The van der Waals surface area contributed by atoms with E-state index in [1.807, 2.05) is 18.2 Å². The van der Waals surface area contributed by atoms with Crippen LogP contribution in [0.5, 0.6) is 11.5 Å². The highest BCUT2D eigenvalue weighted by Crippen LogP contribution is 2.30. The summed E-state index contributed by atoms with van der Waals surface area (Å²) in [4.78, 5) is 13.8. The van der Waals surface area contributed by atoms with Gasteiger partial charge in [0, 0.05) is 25.2 Å². The summed E-state index contributed by atoms with van der Waals surface area (Å²) < 4.78 is 15.8. The van der Waals surface area contributed by atoms with Gasteiger partial charge in [0.05, 0.1) is 27.4 Å². The SMILES string of the molecule is COc1cccc(CNC(=O)N2CCOCC2)c1OC. The van der Waals surface area contributed by atoms with Gasteiger partial charge in [0.25, 0.3) is 0 Å². The van der Waals surface area contributed by atoms with Crippen molar-refractivity contribution in [3.05, 3.63) is 23.8 Å². The van der Waals surface area contributed by atoms with E-state index in [0.717, 1.165) is 5.56 Å². The summed E-state index contributed by atoms with van der Waals surface area (Å²) in [5.41, 5.74) is 0.883. The predicted octanol–water partition coefficient (Wildman–Crippen LogP) is 1.25. The number of hydrogen-bond acceptors (Lipinski definition) is 4. The summed E-state index contributed by atoms with van der Waals surface area (Å²) in [6.45, 7) is 2.84. The first kappa shape index (κ1) is 14.5. The maximum atomic E-state index is 12.0. The monoisotopic (exact) mass is 280 g/mol. The average molecular weight is 280 g/mol. The van der Waals surface area contributed by atoms with E-state index in [1.165, 1.54) is 0 Å². The molecule has 0 aliphatic carbocycles. The highest BCUT2D eigenvalue weighted by atomic mass is 16.5. The number of hydrogen-bond donors (Lipinski definition) is 1. The molecule has 0 spiro atoms. The van der Waals surface area contributed by atoms with Gasteiger partial charge < -0.3 is 24.4 Å². The molecule has 2 amide bonds. The Morgan fingerprint density at radius 2 is 2.05 bits per heavy atom. The molecule has 1 fully saturated rings. The number of ether oxygens (including phenoxy) is 3. The third-order valence-corrected chi connectivity index (χ3v) is 3.21. The van der Waals surface area contributed by atoms with E-state index in [1.54, 1.807) is 19.1 Å². The molecule has 1 aromatic carbocycles. The Labute approximate surface area is 118 Å². The lowest BCUT2D eigenvalue weighted by Crippen LogP contribution is -2.45. The van der Waals surface area contributed by atoms with Crippen LogP contribution < -0.4 is 14.8 Å². The Bertz CT molecular complexity index is 458. The van der Waals surface area contributed by atoms with Crippen molar-refractivity contribution in [2.45, 2.75) is 6.54 Å². The number of nitrogens with zero attached hydrogens (tertiary/aromatic N) is 1. The number of para-hydroxylation sites is 1. The van der Waals surface area contributed by atoms with Gasteiger partial charge in [0.15, 0.2) is 11.5 Å². The summed E-state index contributed by atoms with van der Waals surface area (Å²) in [6.07, 6.45) is 0. The number of methoxy groups -OCH3 is 2. The molecule has 6 heteroatoms. The van der Waals surface area contributed by atoms with E-state index in [0.29, 0.717) is 44.3 Å². The zero-order valence-corrected chi connectivity index (χ0v) is 11.8. The average Bonchev–Trinajstić information content (AvgIpc) is 2.52. The molecule has 1 saturated heterocycles. The molecule has 110 valence electrons. The number of benzene rings is 1. The van der Waals surface area contributed by atoms with Crippen molar-refractivity contribution in [1.29, 1.82) is 0 Å². The minimum Gasteiger partial charge on any atom is -0.493 e. The van der Waals surface area contributed by atoms with Crippen molar-refractivity contribution in [3.63, 3.8) is 0 Å². The van der Waals surface area contributed by atoms with Crippen LogP contribution in [0.3, 0.4) is 0 Å². The van der Waals surface area contributed by atoms with Crippen LogP contribution in [0.15, 0.2) is 18.2 Å². The Kier molecular flexibility index (Phi) is 5.06. The lowest BCUT2D eigenvalue weighted by Gasteiger charge is -2.27. The predicted molar refractivity (Wildman–Crippen MR) is 74.2 cm³/mol. The summed E-state index contributed by atoms with van der Waals surface area (Å²) in [7, 11) is 3.18. The van der Waals surface area contributed by atoms with Gasteiger partial charge in [0.1, 0.15) is 0 Å². The molecule has 0 atom stereocenters. The molecule has 20 heavy (non-hydrogen) atoms. The largest absolute Gasteiger partial charge is 0.493 e. The van der Waals surface area contributed by atoms with Crippen LogP contribution in [0.1, 0.15) is 5.56 Å². The molecule has 0 aromatic heterocycles. The van der Waals surface area contributed by atoms with E-state index in [-0.39, 0.29) is 6.03 Å². The summed E-state index contributed by atoms with van der Waals surface area (Å²) in [6, 6.07) is 5.52. The number of carbonyl (C=O) groups is 1. The smallest absolute Gasteiger partial charge is 0.317 e. The standard InChI is InChI=1S/C14H20N2O4/c1-18-12-5-3-4-11(13(12)19-2)10-15-14(17)16-6-8-20-9-7-16/h3-5H,6-10H2,1-2H3,(H,15,17). The van der Waals surface area contributed by atoms with E-state index < -0.39 is 0 Å². The molecule has 0 bridgehead atoms. The van der Waals surface area contributed by atoms with Crippen LogP contribution in [0.25, 0.3) is 0 Å². The van der Waals surface area contributed by atoms with Gasteiger partial charge in [-0.1, -0.05) is 12.1 Å². The van der Waals surface area contributed by atoms with Crippen molar-refractivity contribution < 1.29 is 19.0 Å². The van der Waals surface area contributed by atoms with Gasteiger partial charge >= 0.3 is 6.03 Å². The van der Waals surface area contributed by atoms with Crippen molar-refractivity contribution >= 4 is 6.03 Å². The lowest BCUT2D eigenvalue weighted by molar-refractivity contribution is 0.0531. The van der Waals surface area contributed by atoms with Gasteiger partial charge in [-0.15, -0.1) is 0 Å². The first-order valence-corrected chi connectivity index (χ1v) is 6.56. The third kappa shape index (κ3) is 3.33. The second-order valence-corrected chi connectivity index (χ2v) is 4.41. The molecule has 1 aliphatic rings. The summed E-state index contributed by atoms with van der Waals surface area (Å²) in [5.74, 6) is 1.31. The van der Waals surface area contributed by atoms with Crippen LogP contribution in [0.2, 0.25) is 0 Å². The van der Waals surface area contributed by atoms with Gasteiger partial charge in [-0.2, -0.15) is 0 Å². The van der Waals surface area contributed by atoms with Crippen molar-refractivity contribution in [1.82, 2.24) is 10.2 Å². The fraction of sp³-hybridized carbons (Fsp3) is 0.500. The van der Waals surface area contributed by atoms with Crippen LogP contribution in [-0.2, 0) is 11.3 Å². The van der Waals surface area contributed by atoms with Gasteiger partial charge in [-0.05, 0) is 6.07 Å². The summed E-state index contributed by atoms with van der Waals surface area (Å²) >= 11 is 0. The molecule has 2 rings (SSSR count). The van der Waals surface area contributed by atoms with Crippen LogP contribution >= 0.6 is 0 Å². The molecular weight excluding hydrogens is 260 g/mol. The zero-order valence-electron chi connectivity index (χ0n) is 11.8. The normalized spacial score (nSPS) is 14.8. The van der Waals surface area contributed by atoms with Crippen LogP contribution in [-0.4, -0.2) is 51.5 Å². The Morgan fingerprint density at radius 1 is 1.30 bits per heavy atom. The van der Waals surface area contributed by atoms with E-state index >= 15 is 0 Å². The Morgan fingerprint density at radius 3 is 2.70 bits per heavy atom. The van der Waals surface area contributed by atoms with Gasteiger partial charge in [-0.25, -0.2) is 4.79 Å². The second kappa shape index (κ2) is 7.00. The fourth-order valence-corrected chi connectivity index (χ4v) is 2.14. The molecule has 0 saturated carbocycles. The molecule has 0 unspecified atom stereocenters. The molecule has 1 aliphatic heterocycles. The lowest BCUT2D eigenvalue weighted by atomic mass is 10.2. The molecule has 1 N–H and O–H groups in total. The Balaban J connectivity index is 1.98. The maximum Gasteiger partial charge on any atom is 0.317 e. The summed E-state index contributed by atoms with van der Waals surface area (Å²) in [5, 5.41) is 2.89. The molecule has 6 nitrogen and oxygen atoms in total. The minimum absolute atomic E-state index is 0.0850. The molecule has 1 aromatic rings. The van der Waals surface area contributed by atoms with Crippen molar-refractivity contribution in [3.8, 4) is 11.5 Å². The van der Waals surface area contributed by atoms with E-state index in [2.05, 4.69) is 5.32 Å². The first-order valence-electron chi connectivity index (χ1n) is 6.56. The maximum absolute atomic E-state index is 12.0. The minimum atomic E-state index is -0.0850. The number of rotatable bonds is 4. The third-order valence-electron chi connectivity index (χ3n) is 3.21. The number of amides is 2. The topological polar surface area (TPSA) is 60.0 Å². The van der Waals surface area contributed by atoms with Crippen molar-refractivity contribution in [2.75, 3.05) is 40.5 Å². The zero-order chi connectivity index (χ0) is 14.4. The van der Waals surface area contributed by atoms with E-state index in [4.69, 9.17) is 14.2 Å². The Hall–Kier alpha value is -1.95. The highest BCUT2D eigenvalue weighted by Gasteiger charge is 2.17. The fourth-order valence-electron chi connectivity index (χ4n) is 2.14. The van der Waals surface area contributed by atoms with Crippen LogP contribution in [0.4, 0.5) is 4.79 Å². The van der Waals surface area contributed by atoms with Crippen molar-refractivity contribution in [2.24, 2.45) is 0 Å². The molecular formula is C14H20N2O4. The van der Waals surface area contributed by atoms with Gasteiger partial charge in [0.2, 0.25) is 0 Å². The second-order valence-electron chi connectivity index (χ2n) is 4.41.